The smallest absolute Gasteiger partial charge is 0.253 e. The molecule has 0 aromatic heterocycles. The van der Waals surface area contributed by atoms with Crippen LogP contribution in [0.3, 0.4) is 0 Å². The fraction of sp³-hybridized carbons (Fsp3) is 0.333. The quantitative estimate of drug-likeness (QED) is 0.633. The molecule has 0 aliphatic rings. The lowest BCUT2D eigenvalue weighted by Crippen LogP contribution is -2.37. The Labute approximate surface area is 176 Å². The minimum atomic E-state index is -3.79. The number of nitrogens with zero attached hydrogens (tertiary/aromatic N) is 1. The van der Waals surface area contributed by atoms with Crippen LogP contribution in [-0.2, 0) is 21.4 Å². The Hall–Kier alpha value is -2.78. The van der Waals surface area contributed by atoms with E-state index in [-0.39, 0.29) is 35.3 Å². The van der Waals surface area contributed by atoms with Gasteiger partial charge in [-0.25, -0.2) is 12.8 Å². The number of nitrogens with one attached hydrogen (secondary N) is 2. The van der Waals surface area contributed by atoms with Crippen molar-refractivity contribution in [3.05, 3.63) is 65.5 Å². The molecule has 30 heavy (non-hydrogen) atoms. The van der Waals surface area contributed by atoms with Crippen molar-refractivity contribution in [3.63, 3.8) is 0 Å². The van der Waals surface area contributed by atoms with Crippen molar-refractivity contribution in [2.75, 3.05) is 18.1 Å². The summed E-state index contributed by atoms with van der Waals surface area (Å²) >= 11 is 0. The molecule has 2 rings (SSSR count). The first kappa shape index (κ1) is 23.5. The SMILES string of the molecule is CC[C@H](C)NC(=O)c1ccccc1NC(=O)CN(Cc1ccccc1F)S(C)(=O)=O. The highest BCUT2D eigenvalue weighted by Crippen LogP contribution is 2.17. The second kappa shape index (κ2) is 10.3. The fourth-order valence-electron chi connectivity index (χ4n) is 2.65. The maximum atomic E-state index is 13.9. The third-order valence-corrected chi connectivity index (χ3v) is 5.73. The number of hydrogen-bond acceptors (Lipinski definition) is 4. The van der Waals surface area contributed by atoms with Gasteiger partial charge >= 0.3 is 0 Å². The van der Waals surface area contributed by atoms with E-state index in [9.17, 15) is 22.4 Å². The number of halogens is 1. The highest BCUT2D eigenvalue weighted by Gasteiger charge is 2.23. The first-order valence-electron chi connectivity index (χ1n) is 9.50. The Morgan fingerprint density at radius 3 is 2.37 bits per heavy atom. The van der Waals surface area contributed by atoms with E-state index in [0.29, 0.717) is 0 Å². The molecule has 2 N–H and O–H groups in total. The number of sulfonamides is 1. The van der Waals surface area contributed by atoms with Crippen LogP contribution in [0.1, 0.15) is 36.2 Å². The zero-order valence-corrected chi connectivity index (χ0v) is 18.0. The summed E-state index contributed by atoms with van der Waals surface area (Å²) in [5.74, 6) is -1.54. The van der Waals surface area contributed by atoms with E-state index in [1.54, 1.807) is 30.3 Å². The topological polar surface area (TPSA) is 95.6 Å². The van der Waals surface area contributed by atoms with Crippen LogP contribution in [0.15, 0.2) is 48.5 Å². The van der Waals surface area contributed by atoms with E-state index in [2.05, 4.69) is 10.6 Å². The van der Waals surface area contributed by atoms with Gasteiger partial charge in [-0.05, 0) is 31.5 Å². The first-order chi connectivity index (χ1) is 14.1. The molecule has 7 nitrogen and oxygen atoms in total. The lowest BCUT2D eigenvalue weighted by atomic mass is 10.1. The maximum Gasteiger partial charge on any atom is 0.253 e. The number of carbonyl (C=O) groups excluding carboxylic acids is 2. The Morgan fingerprint density at radius 1 is 1.10 bits per heavy atom. The van der Waals surface area contributed by atoms with Gasteiger partial charge in [0, 0.05) is 18.2 Å². The monoisotopic (exact) mass is 435 g/mol. The predicted molar refractivity (Wildman–Crippen MR) is 114 cm³/mol. The van der Waals surface area contributed by atoms with Crippen LogP contribution in [0.2, 0.25) is 0 Å². The van der Waals surface area contributed by atoms with Crippen molar-refractivity contribution in [3.8, 4) is 0 Å². The van der Waals surface area contributed by atoms with Gasteiger partial charge in [-0.2, -0.15) is 4.31 Å². The summed E-state index contributed by atoms with van der Waals surface area (Å²) in [4.78, 5) is 25.0. The van der Waals surface area contributed by atoms with Crippen LogP contribution < -0.4 is 10.6 Å². The highest BCUT2D eigenvalue weighted by atomic mass is 32.2. The van der Waals surface area contributed by atoms with Crippen molar-refractivity contribution in [2.45, 2.75) is 32.9 Å². The number of amides is 2. The molecule has 0 aliphatic carbocycles. The lowest BCUT2D eigenvalue weighted by molar-refractivity contribution is -0.116. The molecule has 162 valence electrons. The minimum Gasteiger partial charge on any atom is -0.350 e. The standard InChI is InChI=1S/C21H26FN3O4S/c1-4-15(2)23-21(27)17-10-6-8-12-19(17)24-20(26)14-25(30(3,28)29)13-16-9-5-7-11-18(16)22/h5-12,15H,4,13-14H2,1-3H3,(H,23,27)(H,24,26)/t15-/m0/s1. The zero-order chi connectivity index (χ0) is 22.3. The summed E-state index contributed by atoms with van der Waals surface area (Å²) < 4.78 is 39.1. The number of benzene rings is 2. The third-order valence-electron chi connectivity index (χ3n) is 4.53. The van der Waals surface area contributed by atoms with Gasteiger partial charge < -0.3 is 10.6 Å². The van der Waals surface area contributed by atoms with E-state index in [1.165, 1.54) is 18.2 Å². The summed E-state index contributed by atoms with van der Waals surface area (Å²) in [5.41, 5.74) is 0.692. The number of carbonyl (C=O) groups is 2. The van der Waals surface area contributed by atoms with Crippen molar-refractivity contribution in [1.82, 2.24) is 9.62 Å². The second-order valence-electron chi connectivity index (χ2n) is 7.00. The largest absolute Gasteiger partial charge is 0.350 e. The second-order valence-corrected chi connectivity index (χ2v) is 8.98. The zero-order valence-electron chi connectivity index (χ0n) is 17.2. The van der Waals surface area contributed by atoms with Crippen LogP contribution in [0.4, 0.5) is 10.1 Å². The Kier molecular flexibility index (Phi) is 8.08. The van der Waals surface area contributed by atoms with Crippen molar-refractivity contribution in [1.29, 1.82) is 0 Å². The minimum absolute atomic E-state index is 0.0391. The van der Waals surface area contributed by atoms with Crippen LogP contribution in [0.25, 0.3) is 0 Å². The number of para-hydroxylation sites is 1. The van der Waals surface area contributed by atoms with Crippen molar-refractivity contribution >= 4 is 27.5 Å². The lowest BCUT2D eigenvalue weighted by Gasteiger charge is -2.20. The molecule has 0 saturated carbocycles. The number of anilines is 1. The average Bonchev–Trinajstić information content (AvgIpc) is 2.68. The number of rotatable bonds is 9. The van der Waals surface area contributed by atoms with Crippen LogP contribution >= 0.6 is 0 Å². The molecule has 0 heterocycles. The van der Waals surface area contributed by atoms with Gasteiger partial charge in [-0.1, -0.05) is 37.3 Å². The van der Waals surface area contributed by atoms with E-state index in [4.69, 9.17) is 0 Å². The molecule has 2 amide bonds. The molecule has 2 aromatic carbocycles. The van der Waals surface area contributed by atoms with Gasteiger partial charge in [0.1, 0.15) is 5.82 Å². The van der Waals surface area contributed by atoms with Gasteiger partial charge in [0.25, 0.3) is 5.91 Å². The van der Waals surface area contributed by atoms with E-state index in [1.807, 2.05) is 13.8 Å². The van der Waals surface area contributed by atoms with Gasteiger partial charge in [-0.3, -0.25) is 9.59 Å². The Morgan fingerprint density at radius 2 is 1.73 bits per heavy atom. The van der Waals surface area contributed by atoms with Gasteiger partial charge in [0.2, 0.25) is 15.9 Å². The molecular weight excluding hydrogens is 409 g/mol. The van der Waals surface area contributed by atoms with Crippen molar-refractivity contribution in [2.24, 2.45) is 0 Å². The van der Waals surface area contributed by atoms with E-state index >= 15 is 0 Å². The van der Waals surface area contributed by atoms with Gasteiger partial charge in [0.15, 0.2) is 0 Å². The summed E-state index contributed by atoms with van der Waals surface area (Å²) in [6.45, 7) is 3.00. The number of hydrogen-bond donors (Lipinski definition) is 2. The fourth-order valence-corrected chi connectivity index (χ4v) is 3.38. The predicted octanol–water partition coefficient (Wildman–Crippen LogP) is 2.75. The third kappa shape index (κ3) is 6.64. The molecule has 0 fully saturated rings. The molecule has 0 bridgehead atoms. The maximum absolute atomic E-state index is 13.9. The van der Waals surface area contributed by atoms with Gasteiger partial charge in [-0.15, -0.1) is 0 Å². The summed E-state index contributed by atoms with van der Waals surface area (Å²) in [7, 11) is -3.79. The van der Waals surface area contributed by atoms with Crippen molar-refractivity contribution < 1.29 is 22.4 Å². The molecule has 2 aromatic rings. The molecule has 0 unspecified atom stereocenters. The van der Waals surface area contributed by atoms with Crippen LogP contribution in [-0.4, -0.2) is 43.4 Å². The van der Waals surface area contributed by atoms with Gasteiger partial charge in [0.05, 0.1) is 24.1 Å². The molecule has 1 atom stereocenters. The summed E-state index contributed by atoms with van der Waals surface area (Å²) in [5, 5.41) is 5.41. The summed E-state index contributed by atoms with van der Waals surface area (Å²) in [6.07, 6.45) is 1.70. The van der Waals surface area contributed by atoms with Crippen LogP contribution in [0.5, 0.6) is 0 Å². The summed E-state index contributed by atoms with van der Waals surface area (Å²) in [6, 6.07) is 12.2. The van der Waals surface area contributed by atoms with E-state index < -0.39 is 28.3 Å². The molecule has 0 radical (unpaired) electrons. The average molecular weight is 436 g/mol. The molecule has 9 heteroatoms. The highest BCUT2D eigenvalue weighted by molar-refractivity contribution is 7.88. The molecule has 0 saturated heterocycles. The van der Waals surface area contributed by atoms with Crippen LogP contribution in [0, 0.1) is 5.82 Å². The first-order valence-corrected chi connectivity index (χ1v) is 11.3. The Balaban J connectivity index is 2.17. The molecule has 0 aliphatic heterocycles. The molecule has 0 spiro atoms. The normalized spacial score (nSPS) is 12.4. The Bertz CT molecular complexity index is 1010. The van der Waals surface area contributed by atoms with E-state index in [0.717, 1.165) is 17.0 Å². The molecular formula is C21H26FN3O4S.